The van der Waals surface area contributed by atoms with Gasteiger partial charge < -0.3 is 9.67 Å². The topological polar surface area (TPSA) is 25.2 Å². The van der Waals surface area contributed by atoms with Crippen molar-refractivity contribution in [2.75, 3.05) is 0 Å². The number of aromatic nitrogens is 1. The van der Waals surface area contributed by atoms with Crippen molar-refractivity contribution in [3.05, 3.63) is 30.5 Å². The monoisotopic (exact) mass is 357 g/mol. The van der Waals surface area contributed by atoms with Crippen LogP contribution in [-0.2, 0) is 0 Å². The van der Waals surface area contributed by atoms with Gasteiger partial charge in [-0.15, -0.1) is 0 Å². The molecule has 18 heavy (non-hydrogen) atoms. The summed E-state index contributed by atoms with van der Waals surface area (Å²) in [6.45, 7) is 6.77. The van der Waals surface area contributed by atoms with Gasteiger partial charge in [0.25, 0.3) is 0 Å². The van der Waals surface area contributed by atoms with E-state index < -0.39 is 0 Å². The summed E-state index contributed by atoms with van der Waals surface area (Å²) in [5.41, 5.74) is 1.13. The molecule has 0 saturated heterocycles. The third kappa shape index (κ3) is 2.66. The molecule has 0 saturated carbocycles. The van der Waals surface area contributed by atoms with Crippen LogP contribution < -0.4 is 0 Å². The molecular weight excluding hydrogens is 337 g/mol. The number of aromatic hydroxyl groups is 1. The van der Waals surface area contributed by atoms with Crippen molar-refractivity contribution < 1.29 is 5.11 Å². The molecule has 0 aliphatic rings. The maximum Gasteiger partial charge on any atom is 0.124 e. The lowest BCUT2D eigenvalue weighted by Crippen LogP contribution is -2.17. The summed E-state index contributed by atoms with van der Waals surface area (Å²) in [5, 5.41) is 10.8. The van der Waals surface area contributed by atoms with E-state index in [1.807, 2.05) is 12.1 Å². The minimum Gasteiger partial charge on any atom is -0.507 e. The largest absolute Gasteiger partial charge is 0.507 e. The molecule has 0 aliphatic heterocycles. The van der Waals surface area contributed by atoms with Crippen molar-refractivity contribution >= 4 is 33.5 Å². The highest BCUT2D eigenvalue weighted by atomic mass is 127. The summed E-state index contributed by atoms with van der Waals surface area (Å²) in [6.07, 6.45) is 3.26. The molecule has 0 aliphatic carbocycles. The second-order valence-corrected chi connectivity index (χ2v) is 7.39. The van der Waals surface area contributed by atoms with Crippen LogP contribution in [0, 0.1) is 5.92 Å². The molecule has 1 aromatic heterocycles. The zero-order chi connectivity index (χ0) is 13.3. The van der Waals surface area contributed by atoms with E-state index in [9.17, 15) is 5.11 Å². The molecule has 98 valence electrons. The number of nitrogens with zero attached hydrogens (tertiary/aromatic N) is 1. The molecule has 0 amide bonds. The van der Waals surface area contributed by atoms with Gasteiger partial charge in [0.2, 0.25) is 0 Å². The van der Waals surface area contributed by atoms with E-state index in [4.69, 9.17) is 0 Å². The molecule has 3 heteroatoms. The molecule has 0 spiro atoms. The first-order valence-electron chi connectivity index (χ1n) is 6.43. The average Bonchev–Trinajstić information content (AvgIpc) is 2.70. The fourth-order valence-corrected chi connectivity index (χ4v) is 3.02. The number of phenolic OH excluding ortho intramolecular Hbond substituents is 1. The van der Waals surface area contributed by atoms with Gasteiger partial charge in [0.15, 0.2) is 0 Å². The molecule has 2 aromatic rings. The van der Waals surface area contributed by atoms with Crippen LogP contribution in [0.1, 0.15) is 33.2 Å². The Bertz CT molecular complexity index is 530. The van der Waals surface area contributed by atoms with E-state index in [2.05, 4.69) is 60.2 Å². The van der Waals surface area contributed by atoms with Crippen molar-refractivity contribution in [1.82, 2.24) is 4.57 Å². The second-order valence-electron chi connectivity index (χ2n) is 5.26. The molecule has 2 unspecified atom stereocenters. The average molecular weight is 357 g/mol. The lowest BCUT2D eigenvalue weighted by atomic mass is 9.99. The minimum absolute atomic E-state index is 0.372. The van der Waals surface area contributed by atoms with Crippen molar-refractivity contribution in [2.45, 2.75) is 37.2 Å². The first-order valence-corrected chi connectivity index (χ1v) is 7.68. The summed E-state index contributed by atoms with van der Waals surface area (Å²) in [6, 6.07) is 8.24. The second kappa shape index (κ2) is 5.51. The zero-order valence-electron chi connectivity index (χ0n) is 11.1. The molecular formula is C15H20INO. The first kappa shape index (κ1) is 13.7. The quantitative estimate of drug-likeness (QED) is 0.620. The van der Waals surface area contributed by atoms with Crippen LogP contribution >= 0.6 is 22.6 Å². The van der Waals surface area contributed by atoms with Gasteiger partial charge in [-0.3, -0.25) is 0 Å². The normalized spacial score (nSPS) is 15.2. The third-order valence-electron chi connectivity index (χ3n) is 3.43. The Balaban J connectivity index is 2.48. The van der Waals surface area contributed by atoms with E-state index in [1.54, 1.807) is 6.07 Å². The van der Waals surface area contributed by atoms with Crippen molar-refractivity contribution in [3.63, 3.8) is 0 Å². The molecule has 0 radical (unpaired) electrons. The number of alkyl halides is 1. The molecule has 1 aromatic carbocycles. The van der Waals surface area contributed by atoms with Crippen LogP contribution in [0.4, 0.5) is 0 Å². The smallest absolute Gasteiger partial charge is 0.124 e. The number of halogens is 1. The number of hydrogen-bond donors (Lipinski definition) is 1. The Hall–Kier alpha value is -0.710. The molecule has 0 fully saturated rings. The van der Waals surface area contributed by atoms with Crippen LogP contribution in [0.3, 0.4) is 0 Å². The van der Waals surface area contributed by atoms with Crippen molar-refractivity contribution in [3.8, 4) is 5.75 Å². The molecule has 2 rings (SSSR count). The van der Waals surface area contributed by atoms with Crippen LogP contribution in [0.5, 0.6) is 5.75 Å². The van der Waals surface area contributed by atoms with Crippen LogP contribution in [-0.4, -0.2) is 13.6 Å². The third-order valence-corrected chi connectivity index (χ3v) is 3.94. The van der Waals surface area contributed by atoms with Gasteiger partial charge in [-0.05, 0) is 30.5 Å². The van der Waals surface area contributed by atoms with Crippen LogP contribution in [0.2, 0.25) is 0 Å². The molecule has 1 N–H and O–H groups in total. The summed E-state index contributed by atoms with van der Waals surface area (Å²) in [4.78, 5) is 0. The Morgan fingerprint density at radius 1 is 1.22 bits per heavy atom. The number of rotatable bonds is 4. The van der Waals surface area contributed by atoms with Crippen molar-refractivity contribution in [2.24, 2.45) is 5.92 Å². The van der Waals surface area contributed by atoms with Crippen LogP contribution in [0.25, 0.3) is 10.9 Å². The minimum atomic E-state index is 0.372. The Labute approximate surface area is 122 Å². The highest BCUT2D eigenvalue weighted by Crippen LogP contribution is 2.33. The maximum atomic E-state index is 9.87. The van der Waals surface area contributed by atoms with Gasteiger partial charge in [0, 0.05) is 21.5 Å². The summed E-state index contributed by atoms with van der Waals surface area (Å²) in [7, 11) is 0. The first-order chi connectivity index (χ1) is 8.50. The van der Waals surface area contributed by atoms with Gasteiger partial charge in [0.1, 0.15) is 5.75 Å². The molecule has 0 bridgehead atoms. The van der Waals surface area contributed by atoms with Crippen LogP contribution in [0.15, 0.2) is 30.5 Å². The highest BCUT2D eigenvalue weighted by Gasteiger charge is 2.19. The molecule has 2 atom stereocenters. The van der Waals surface area contributed by atoms with Crippen molar-refractivity contribution in [1.29, 1.82) is 0 Å². The standard InChI is InChI=1S/C15H20INO/c1-10(2)14(9-11(3)16)17-8-7-12-13(17)5-4-6-15(12)18/h4-8,10-11,14,18H,9H2,1-3H3. The van der Waals surface area contributed by atoms with E-state index >= 15 is 0 Å². The Morgan fingerprint density at radius 3 is 2.56 bits per heavy atom. The van der Waals surface area contributed by atoms with Gasteiger partial charge in [-0.2, -0.15) is 0 Å². The van der Waals surface area contributed by atoms with E-state index in [-0.39, 0.29) is 0 Å². The van der Waals surface area contributed by atoms with E-state index in [1.165, 1.54) is 0 Å². The van der Waals surface area contributed by atoms with Gasteiger partial charge in [-0.1, -0.05) is 49.4 Å². The fourth-order valence-electron chi connectivity index (χ4n) is 2.50. The Morgan fingerprint density at radius 2 is 1.94 bits per heavy atom. The summed E-state index contributed by atoms with van der Waals surface area (Å²) >= 11 is 2.48. The van der Waals surface area contributed by atoms with E-state index in [0.717, 1.165) is 17.3 Å². The summed E-state index contributed by atoms with van der Waals surface area (Å²) < 4.78 is 2.96. The number of hydrogen-bond acceptors (Lipinski definition) is 1. The predicted molar refractivity (Wildman–Crippen MR) is 85.6 cm³/mol. The van der Waals surface area contributed by atoms with Gasteiger partial charge in [0.05, 0.1) is 5.52 Å². The lowest BCUT2D eigenvalue weighted by molar-refractivity contribution is 0.365. The zero-order valence-corrected chi connectivity index (χ0v) is 13.3. The SMILES string of the molecule is CC(I)CC(C(C)C)n1ccc2c(O)cccc21. The highest BCUT2D eigenvalue weighted by molar-refractivity contribution is 14.1. The lowest BCUT2D eigenvalue weighted by Gasteiger charge is -2.25. The number of fused-ring (bicyclic) bond motifs is 1. The summed E-state index contributed by atoms with van der Waals surface area (Å²) in [5.74, 6) is 0.955. The Kier molecular flexibility index (Phi) is 4.20. The predicted octanol–water partition coefficient (Wildman–Crippen LogP) is 4.76. The maximum absolute atomic E-state index is 9.87. The van der Waals surface area contributed by atoms with E-state index in [0.29, 0.717) is 21.6 Å². The molecule has 2 nitrogen and oxygen atoms in total. The fraction of sp³-hybridized carbons (Fsp3) is 0.467. The molecule has 1 heterocycles. The number of phenols is 1. The van der Waals surface area contributed by atoms with Gasteiger partial charge in [-0.25, -0.2) is 0 Å². The number of benzene rings is 1. The van der Waals surface area contributed by atoms with Gasteiger partial charge >= 0.3 is 0 Å².